The molecule has 11 nitrogen and oxygen atoms in total. The van der Waals surface area contributed by atoms with Crippen LogP contribution in [0.1, 0.15) is 0 Å². The van der Waals surface area contributed by atoms with E-state index in [0.29, 0.717) is 15.9 Å². The molecule has 162 valence electrons. The quantitative estimate of drug-likeness (QED) is 0.158. The van der Waals surface area contributed by atoms with E-state index in [-0.39, 0.29) is 87.4 Å². The van der Waals surface area contributed by atoms with E-state index in [1.54, 1.807) is 18.2 Å². The number of hydrogen-bond acceptors (Lipinski definition) is 12. The van der Waals surface area contributed by atoms with Crippen LogP contribution in [0.15, 0.2) is 40.7 Å². The standard InChI is InChI=1S/C15H14N2O9S4.2Na/c1-30(22,23)15-17-13-3-2-9(4-14(13)27-15)16-8-24-10-5-11(25-28(18)19)7-12(6-10)26-29(20)21;;/h2-7,16H,8H2,1H3,(H,18,19)(H,20,21);;/q;2*+1/p-2. The van der Waals surface area contributed by atoms with Crippen LogP contribution in [-0.4, -0.2) is 43.9 Å². The van der Waals surface area contributed by atoms with Gasteiger partial charge in [0, 0.05) is 30.1 Å². The Labute approximate surface area is 236 Å². The van der Waals surface area contributed by atoms with Crippen LogP contribution in [0.2, 0.25) is 0 Å². The van der Waals surface area contributed by atoms with Gasteiger partial charge in [0.2, 0.25) is 14.2 Å². The summed E-state index contributed by atoms with van der Waals surface area (Å²) in [4.78, 5) is 4.06. The summed E-state index contributed by atoms with van der Waals surface area (Å²) in [7, 11) is -3.41. The summed E-state index contributed by atoms with van der Waals surface area (Å²) in [6, 6.07) is 8.53. The van der Waals surface area contributed by atoms with Gasteiger partial charge in [0.05, 0.1) is 10.2 Å². The van der Waals surface area contributed by atoms with Gasteiger partial charge in [-0.15, -0.1) is 11.3 Å². The molecule has 0 saturated heterocycles. The number of anilines is 1. The minimum atomic E-state index is -3.41. The molecule has 1 heterocycles. The van der Waals surface area contributed by atoms with E-state index in [9.17, 15) is 25.9 Å². The maximum Gasteiger partial charge on any atom is 1.00 e. The van der Waals surface area contributed by atoms with E-state index < -0.39 is 32.6 Å². The molecule has 2 aromatic carbocycles. The van der Waals surface area contributed by atoms with Crippen LogP contribution in [0, 0.1) is 0 Å². The third-order valence-electron chi connectivity index (χ3n) is 3.38. The Morgan fingerprint density at radius 1 is 1.00 bits per heavy atom. The average molecular weight is 539 g/mol. The van der Waals surface area contributed by atoms with Gasteiger partial charge in [-0.3, -0.25) is 0 Å². The number of hydrogen-bond donors (Lipinski definition) is 1. The topological polar surface area (TPSA) is 167 Å². The first-order chi connectivity index (χ1) is 14.1. The summed E-state index contributed by atoms with van der Waals surface area (Å²) in [6.45, 7) is -0.0902. The van der Waals surface area contributed by atoms with Gasteiger partial charge in [-0.25, -0.2) is 21.8 Å². The van der Waals surface area contributed by atoms with Gasteiger partial charge in [0.15, 0.2) is 6.73 Å². The van der Waals surface area contributed by atoms with Crippen molar-refractivity contribution in [2.24, 2.45) is 0 Å². The first-order valence-corrected chi connectivity index (χ1v) is 12.5. The molecule has 2 atom stereocenters. The van der Waals surface area contributed by atoms with E-state index in [2.05, 4.69) is 18.7 Å². The second-order valence-corrected chi connectivity index (χ2v) is 9.98. The van der Waals surface area contributed by atoms with Gasteiger partial charge in [0.25, 0.3) is 0 Å². The van der Waals surface area contributed by atoms with Crippen molar-refractivity contribution in [2.75, 3.05) is 18.3 Å². The molecule has 0 spiro atoms. The molecule has 0 radical (unpaired) electrons. The Bertz CT molecular complexity index is 1200. The Kier molecular flexibility index (Phi) is 12.0. The smallest absolute Gasteiger partial charge is 0.740 e. The predicted molar refractivity (Wildman–Crippen MR) is 107 cm³/mol. The number of nitrogens with zero attached hydrogens (tertiary/aromatic N) is 1. The number of ether oxygens (including phenoxy) is 1. The molecule has 0 saturated carbocycles. The number of nitrogens with one attached hydrogen (secondary N) is 1. The van der Waals surface area contributed by atoms with Gasteiger partial charge >= 0.3 is 59.1 Å². The number of aromatic nitrogens is 1. The number of fused-ring (bicyclic) bond motifs is 1. The zero-order valence-electron chi connectivity index (χ0n) is 16.9. The zero-order valence-corrected chi connectivity index (χ0v) is 24.2. The molecule has 1 aromatic heterocycles. The molecular formula is C15H12N2Na2O9S4. The van der Waals surface area contributed by atoms with Crippen molar-refractivity contribution in [3.63, 3.8) is 0 Å². The Balaban J connectivity index is 0.00000256. The van der Waals surface area contributed by atoms with Crippen LogP contribution < -0.4 is 77.5 Å². The van der Waals surface area contributed by atoms with Crippen LogP contribution in [0.5, 0.6) is 17.2 Å². The first-order valence-electron chi connectivity index (χ1n) is 7.78. The summed E-state index contributed by atoms with van der Waals surface area (Å²) in [5.74, 6) is -0.342. The van der Waals surface area contributed by atoms with Crippen LogP contribution in [0.25, 0.3) is 10.2 Å². The monoisotopic (exact) mass is 538 g/mol. The van der Waals surface area contributed by atoms with E-state index >= 15 is 0 Å². The van der Waals surface area contributed by atoms with E-state index in [1.807, 2.05) is 0 Å². The Morgan fingerprint density at radius 2 is 1.56 bits per heavy atom. The minimum absolute atomic E-state index is 0. The summed E-state index contributed by atoms with van der Waals surface area (Å²) < 4.78 is 81.2. The van der Waals surface area contributed by atoms with Crippen molar-refractivity contribution in [3.8, 4) is 17.2 Å². The first kappa shape index (κ1) is 29.7. The fraction of sp³-hybridized carbons (Fsp3) is 0.133. The molecule has 0 amide bonds. The van der Waals surface area contributed by atoms with Crippen molar-refractivity contribution >= 4 is 59.8 Å². The van der Waals surface area contributed by atoms with E-state index in [4.69, 9.17) is 4.74 Å². The van der Waals surface area contributed by atoms with Crippen LogP contribution >= 0.6 is 11.3 Å². The fourth-order valence-electron chi connectivity index (χ4n) is 2.26. The molecule has 17 heteroatoms. The van der Waals surface area contributed by atoms with Gasteiger partial charge in [-0.2, -0.15) is 0 Å². The molecule has 0 fully saturated rings. The maximum absolute atomic E-state index is 11.6. The van der Waals surface area contributed by atoms with E-state index in [0.717, 1.165) is 23.7 Å². The van der Waals surface area contributed by atoms with Crippen molar-refractivity contribution in [1.29, 1.82) is 0 Å². The molecule has 2 unspecified atom stereocenters. The molecule has 0 aliphatic heterocycles. The fourth-order valence-corrected chi connectivity index (χ4v) is 4.64. The second-order valence-electron chi connectivity index (χ2n) is 5.61. The van der Waals surface area contributed by atoms with Crippen molar-refractivity contribution < 1.29 is 98.2 Å². The van der Waals surface area contributed by atoms with Crippen molar-refractivity contribution in [3.05, 3.63) is 36.4 Å². The third kappa shape index (κ3) is 8.81. The molecule has 0 bridgehead atoms. The van der Waals surface area contributed by atoms with Gasteiger partial charge in [-0.05, 0) is 18.2 Å². The Hall–Kier alpha value is -0.300. The minimum Gasteiger partial charge on any atom is -0.740 e. The summed E-state index contributed by atoms with van der Waals surface area (Å²) >= 11 is -4.72. The van der Waals surface area contributed by atoms with Gasteiger partial charge in [-0.1, -0.05) is 0 Å². The Morgan fingerprint density at radius 3 is 2.09 bits per heavy atom. The molecule has 3 rings (SSSR count). The molecule has 0 aliphatic carbocycles. The maximum atomic E-state index is 11.6. The molecule has 0 aliphatic rings. The average Bonchev–Trinajstić information content (AvgIpc) is 3.04. The largest absolute Gasteiger partial charge is 1.00 e. The summed E-state index contributed by atoms with van der Waals surface area (Å²) in [5.41, 5.74) is 1.14. The molecule has 1 N–H and O–H groups in total. The van der Waals surface area contributed by atoms with Gasteiger partial charge in [0.1, 0.15) is 40.0 Å². The van der Waals surface area contributed by atoms with Crippen molar-refractivity contribution in [1.82, 2.24) is 4.98 Å². The number of rotatable bonds is 9. The summed E-state index contributed by atoms with van der Waals surface area (Å²) in [6.07, 6.45) is 1.08. The van der Waals surface area contributed by atoms with Crippen molar-refractivity contribution in [2.45, 2.75) is 4.34 Å². The SMILES string of the molecule is CS(=O)(=O)c1nc2ccc(NCOc3cc(OS(=O)[O-])cc(OS(=O)[O-])c3)cc2s1.[Na+].[Na+]. The number of benzene rings is 2. The number of thiazole rings is 1. The normalized spacial score (nSPS) is 12.7. The van der Waals surface area contributed by atoms with Crippen LogP contribution in [0.3, 0.4) is 0 Å². The molecule has 3 aromatic rings. The second kappa shape index (κ2) is 13.0. The van der Waals surface area contributed by atoms with Crippen LogP contribution in [0.4, 0.5) is 5.69 Å². The van der Waals surface area contributed by atoms with Gasteiger partial charge < -0.3 is 27.5 Å². The van der Waals surface area contributed by atoms with E-state index in [1.165, 1.54) is 12.1 Å². The third-order valence-corrected chi connectivity index (χ3v) is 6.74. The predicted octanol–water partition coefficient (Wildman–Crippen LogP) is -4.50. The molecule has 32 heavy (non-hydrogen) atoms. The number of sulfone groups is 1. The summed E-state index contributed by atoms with van der Waals surface area (Å²) in [5, 5.41) is 2.94. The zero-order chi connectivity index (χ0) is 21.9. The van der Waals surface area contributed by atoms with Crippen LogP contribution in [-0.2, 0) is 32.6 Å². The molecular weight excluding hydrogens is 526 g/mol.